The van der Waals surface area contributed by atoms with Crippen molar-refractivity contribution in [2.24, 2.45) is 0 Å². The summed E-state index contributed by atoms with van der Waals surface area (Å²) in [6, 6.07) is 9.11. The summed E-state index contributed by atoms with van der Waals surface area (Å²) in [5.74, 6) is 0. The summed E-state index contributed by atoms with van der Waals surface area (Å²) in [6.45, 7) is 3.24. The van der Waals surface area contributed by atoms with Gasteiger partial charge in [0.05, 0.1) is 0 Å². The van der Waals surface area contributed by atoms with Crippen LogP contribution >= 0.6 is 40.7 Å². The fourth-order valence-electron chi connectivity index (χ4n) is 1.94. The number of benzene rings is 1. The molecular formula is C12H19BrCl2N2. The summed E-state index contributed by atoms with van der Waals surface area (Å²) in [5, 5.41) is 6.99. The highest BCUT2D eigenvalue weighted by molar-refractivity contribution is 9.10. The molecule has 2 nitrogen and oxygen atoms in total. The molecule has 98 valence electrons. The minimum Gasteiger partial charge on any atom is -0.315 e. The van der Waals surface area contributed by atoms with Gasteiger partial charge in [-0.3, -0.25) is 0 Å². The summed E-state index contributed by atoms with van der Waals surface area (Å²) in [7, 11) is 0. The van der Waals surface area contributed by atoms with E-state index < -0.39 is 0 Å². The molecule has 0 unspecified atom stereocenters. The quantitative estimate of drug-likeness (QED) is 0.882. The first-order valence-electron chi connectivity index (χ1n) is 5.53. The van der Waals surface area contributed by atoms with Crippen molar-refractivity contribution in [2.45, 2.75) is 25.4 Å². The highest BCUT2D eigenvalue weighted by atomic mass is 79.9. The van der Waals surface area contributed by atoms with Crippen molar-refractivity contribution in [3.8, 4) is 0 Å². The molecule has 0 bridgehead atoms. The van der Waals surface area contributed by atoms with Crippen molar-refractivity contribution in [2.75, 3.05) is 13.1 Å². The first kappa shape index (κ1) is 17.2. The van der Waals surface area contributed by atoms with Gasteiger partial charge in [-0.25, -0.2) is 0 Å². The maximum absolute atomic E-state index is 3.58. The monoisotopic (exact) mass is 340 g/mol. The van der Waals surface area contributed by atoms with E-state index in [0.717, 1.165) is 17.6 Å². The van der Waals surface area contributed by atoms with Gasteiger partial charge in [0.15, 0.2) is 0 Å². The lowest BCUT2D eigenvalue weighted by atomic mass is 10.1. The van der Waals surface area contributed by atoms with E-state index in [-0.39, 0.29) is 24.8 Å². The third-order valence-electron chi connectivity index (χ3n) is 2.78. The van der Waals surface area contributed by atoms with E-state index in [1.807, 2.05) is 0 Å². The fraction of sp³-hybridized carbons (Fsp3) is 0.500. The zero-order chi connectivity index (χ0) is 10.5. The van der Waals surface area contributed by atoms with Crippen LogP contribution in [-0.4, -0.2) is 19.1 Å². The second-order valence-corrected chi connectivity index (χ2v) is 4.97. The molecule has 2 rings (SSSR count). The smallest absolute Gasteiger partial charge is 0.0209 e. The Hall–Kier alpha value is 0.200. The molecule has 1 aliphatic rings. The highest BCUT2D eigenvalue weighted by Crippen LogP contribution is 2.12. The lowest BCUT2D eigenvalue weighted by Crippen LogP contribution is -2.42. The first-order chi connectivity index (χ1) is 7.34. The zero-order valence-corrected chi connectivity index (χ0v) is 12.8. The van der Waals surface area contributed by atoms with Gasteiger partial charge in [-0.2, -0.15) is 0 Å². The average molecular weight is 342 g/mol. The maximum Gasteiger partial charge on any atom is 0.0209 e. The van der Waals surface area contributed by atoms with E-state index in [9.17, 15) is 0 Å². The van der Waals surface area contributed by atoms with Crippen molar-refractivity contribution >= 4 is 40.7 Å². The first-order valence-corrected chi connectivity index (χ1v) is 6.32. The molecule has 0 spiro atoms. The van der Waals surface area contributed by atoms with Crippen molar-refractivity contribution in [3.63, 3.8) is 0 Å². The molecule has 0 saturated carbocycles. The Morgan fingerprint density at radius 3 is 2.82 bits per heavy atom. The van der Waals surface area contributed by atoms with Crippen molar-refractivity contribution in [1.29, 1.82) is 0 Å². The lowest BCUT2D eigenvalue weighted by Gasteiger charge is -2.23. The van der Waals surface area contributed by atoms with Crippen LogP contribution in [0.5, 0.6) is 0 Å². The Balaban J connectivity index is 0.00000128. The molecule has 17 heavy (non-hydrogen) atoms. The molecule has 1 fully saturated rings. The number of hydrogen-bond donors (Lipinski definition) is 2. The van der Waals surface area contributed by atoms with E-state index in [2.05, 4.69) is 50.8 Å². The topological polar surface area (TPSA) is 24.1 Å². The minimum atomic E-state index is 0. The molecule has 1 atom stereocenters. The van der Waals surface area contributed by atoms with E-state index in [0.29, 0.717) is 6.04 Å². The number of rotatable bonds is 3. The molecule has 0 amide bonds. The molecule has 1 aromatic carbocycles. The highest BCUT2D eigenvalue weighted by Gasteiger charge is 2.11. The third kappa shape index (κ3) is 6.07. The third-order valence-corrected chi connectivity index (χ3v) is 3.27. The largest absolute Gasteiger partial charge is 0.315 e. The summed E-state index contributed by atoms with van der Waals surface area (Å²) >= 11 is 3.49. The van der Waals surface area contributed by atoms with Gasteiger partial charge in [-0.05, 0) is 37.1 Å². The minimum absolute atomic E-state index is 0. The van der Waals surface area contributed by atoms with Gasteiger partial charge in [0.1, 0.15) is 0 Å². The summed E-state index contributed by atoms with van der Waals surface area (Å²) in [4.78, 5) is 0. The molecular weight excluding hydrogens is 323 g/mol. The van der Waals surface area contributed by atoms with Crippen LogP contribution in [0.25, 0.3) is 0 Å². The predicted molar refractivity (Wildman–Crippen MR) is 81.4 cm³/mol. The summed E-state index contributed by atoms with van der Waals surface area (Å²) in [5.41, 5.74) is 1.34. The second-order valence-electron chi connectivity index (χ2n) is 4.05. The van der Waals surface area contributed by atoms with E-state index in [1.165, 1.54) is 24.9 Å². The van der Waals surface area contributed by atoms with Crippen LogP contribution < -0.4 is 10.6 Å². The molecule has 1 aliphatic heterocycles. The Kier molecular flexibility index (Phi) is 9.28. The Labute approximate surface area is 124 Å². The van der Waals surface area contributed by atoms with Gasteiger partial charge in [0, 0.05) is 23.6 Å². The molecule has 1 aromatic rings. The van der Waals surface area contributed by atoms with Crippen molar-refractivity contribution in [1.82, 2.24) is 10.6 Å². The predicted octanol–water partition coefficient (Wildman–Crippen LogP) is 3.13. The van der Waals surface area contributed by atoms with E-state index in [4.69, 9.17) is 0 Å². The lowest BCUT2D eigenvalue weighted by molar-refractivity contribution is 0.389. The number of nitrogens with one attached hydrogen (secondary N) is 2. The molecule has 0 aliphatic carbocycles. The Morgan fingerprint density at radius 1 is 1.35 bits per heavy atom. The Morgan fingerprint density at radius 2 is 2.18 bits per heavy atom. The van der Waals surface area contributed by atoms with Crippen LogP contribution in [0.15, 0.2) is 28.7 Å². The molecule has 1 heterocycles. The molecule has 0 radical (unpaired) electrons. The number of hydrogen-bond acceptors (Lipinski definition) is 2. The van der Waals surface area contributed by atoms with Gasteiger partial charge in [0.2, 0.25) is 0 Å². The molecule has 2 N–H and O–H groups in total. The molecule has 0 aromatic heterocycles. The summed E-state index contributed by atoms with van der Waals surface area (Å²) < 4.78 is 1.16. The van der Waals surface area contributed by atoms with Crippen LogP contribution in [0.3, 0.4) is 0 Å². The number of halogens is 3. The molecule has 5 heteroatoms. The van der Waals surface area contributed by atoms with E-state index in [1.54, 1.807) is 0 Å². The normalized spacial score (nSPS) is 19.0. The van der Waals surface area contributed by atoms with Gasteiger partial charge in [-0.1, -0.05) is 28.1 Å². The average Bonchev–Trinajstić information content (AvgIpc) is 2.28. The van der Waals surface area contributed by atoms with Gasteiger partial charge in [0.25, 0.3) is 0 Å². The molecule has 1 saturated heterocycles. The van der Waals surface area contributed by atoms with Gasteiger partial charge < -0.3 is 10.6 Å². The Bertz CT molecular complexity index is 317. The SMILES string of the molecule is Brc1cccc(CN[C@H]2CCCNC2)c1.Cl.Cl. The van der Waals surface area contributed by atoms with Crippen LogP contribution in [-0.2, 0) is 6.54 Å². The number of piperidine rings is 1. The standard InChI is InChI=1S/C12H17BrN2.2ClH/c13-11-4-1-3-10(7-11)8-15-12-5-2-6-14-9-12;;/h1,3-4,7,12,14-15H,2,5-6,8-9H2;2*1H/t12-;;/m0../s1. The van der Waals surface area contributed by atoms with Crippen LogP contribution in [0.2, 0.25) is 0 Å². The fourth-order valence-corrected chi connectivity index (χ4v) is 2.38. The summed E-state index contributed by atoms with van der Waals surface area (Å²) in [6.07, 6.45) is 2.58. The van der Waals surface area contributed by atoms with E-state index >= 15 is 0 Å². The van der Waals surface area contributed by atoms with Crippen molar-refractivity contribution < 1.29 is 0 Å². The zero-order valence-electron chi connectivity index (χ0n) is 9.62. The maximum atomic E-state index is 3.58. The van der Waals surface area contributed by atoms with Crippen LogP contribution in [0.1, 0.15) is 18.4 Å². The van der Waals surface area contributed by atoms with Crippen LogP contribution in [0, 0.1) is 0 Å². The second kappa shape index (κ2) is 9.17. The van der Waals surface area contributed by atoms with Crippen LogP contribution in [0.4, 0.5) is 0 Å². The van der Waals surface area contributed by atoms with Gasteiger partial charge in [-0.15, -0.1) is 24.8 Å². The van der Waals surface area contributed by atoms with Gasteiger partial charge >= 0.3 is 0 Å². The van der Waals surface area contributed by atoms with Crippen molar-refractivity contribution in [3.05, 3.63) is 34.3 Å².